The Hall–Kier alpha value is -2.42. The zero-order valence-electron chi connectivity index (χ0n) is 14.2. The van der Waals surface area contributed by atoms with E-state index in [0.29, 0.717) is 41.6 Å². The molecule has 9 heteroatoms. The van der Waals surface area contributed by atoms with Crippen molar-refractivity contribution in [3.8, 4) is 5.75 Å². The molecule has 0 saturated carbocycles. The van der Waals surface area contributed by atoms with E-state index in [1.165, 1.54) is 0 Å². The van der Waals surface area contributed by atoms with Gasteiger partial charge in [-0.25, -0.2) is 8.42 Å². The van der Waals surface area contributed by atoms with Crippen molar-refractivity contribution >= 4 is 21.6 Å². The number of aryl methyl sites for hydroxylation is 1. The molecule has 0 fully saturated rings. The molecule has 8 nitrogen and oxygen atoms in total. The summed E-state index contributed by atoms with van der Waals surface area (Å²) in [5, 5.41) is 7.61. The van der Waals surface area contributed by atoms with Gasteiger partial charge in [0.2, 0.25) is 5.95 Å². The maximum atomic E-state index is 12.0. The first kappa shape index (κ1) is 18.9. The third-order valence-corrected chi connectivity index (χ3v) is 5.47. The minimum Gasteiger partial charge on any atom is -0.494 e. The molecule has 0 saturated heterocycles. The van der Waals surface area contributed by atoms with Crippen LogP contribution >= 0.6 is 0 Å². The van der Waals surface area contributed by atoms with Crippen molar-refractivity contribution < 1.29 is 13.2 Å². The molecular weight excluding hydrogens is 342 g/mol. The predicted octanol–water partition coefficient (Wildman–Crippen LogP) is 1.62. The van der Waals surface area contributed by atoms with Crippen molar-refractivity contribution in [1.82, 2.24) is 15.2 Å². The standard InChI is InChI=1S/C16H23N5O3S/c1-2-11-25(22,23)13-8-6-12(7-9-13)24-10-4-3-5-14-15(17)19-16(18)21-20-14/h6-9H,2-5,10-11H2,1H3,(H4,17,18,19,21). The van der Waals surface area contributed by atoms with Crippen molar-refractivity contribution in [1.29, 1.82) is 0 Å². The van der Waals surface area contributed by atoms with E-state index in [4.69, 9.17) is 16.2 Å². The maximum absolute atomic E-state index is 12.0. The fraction of sp³-hybridized carbons (Fsp3) is 0.438. The molecule has 0 radical (unpaired) electrons. The van der Waals surface area contributed by atoms with Crippen LogP contribution in [-0.4, -0.2) is 36.0 Å². The molecule has 0 bridgehead atoms. The Bertz CT molecular complexity index is 794. The van der Waals surface area contributed by atoms with Crippen molar-refractivity contribution in [2.75, 3.05) is 23.8 Å². The third kappa shape index (κ3) is 5.56. The largest absolute Gasteiger partial charge is 0.494 e. The van der Waals surface area contributed by atoms with E-state index >= 15 is 0 Å². The third-order valence-electron chi connectivity index (χ3n) is 3.54. The summed E-state index contributed by atoms with van der Waals surface area (Å²) in [7, 11) is -3.19. The summed E-state index contributed by atoms with van der Waals surface area (Å²) in [5.74, 6) is 1.16. The van der Waals surface area contributed by atoms with Crippen molar-refractivity contribution in [3.05, 3.63) is 30.0 Å². The van der Waals surface area contributed by atoms with Gasteiger partial charge < -0.3 is 16.2 Å². The Kier molecular flexibility index (Phi) is 6.51. The molecule has 0 atom stereocenters. The van der Waals surface area contributed by atoms with Gasteiger partial charge in [0.1, 0.15) is 11.4 Å². The van der Waals surface area contributed by atoms with Gasteiger partial charge >= 0.3 is 0 Å². The Morgan fingerprint density at radius 1 is 1.08 bits per heavy atom. The molecule has 2 rings (SSSR count). The lowest BCUT2D eigenvalue weighted by molar-refractivity contribution is 0.306. The number of ether oxygens (including phenoxy) is 1. The molecule has 1 aromatic carbocycles. The first-order valence-electron chi connectivity index (χ1n) is 8.12. The molecule has 0 aliphatic carbocycles. The lowest BCUT2D eigenvalue weighted by Crippen LogP contribution is -2.08. The minimum absolute atomic E-state index is 0.0639. The molecule has 0 unspecified atom stereocenters. The van der Waals surface area contributed by atoms with Gasteiger partial charge in [-0.1, -0.05) is 6.92 Å². The lowest BCUT2D eigenvalue weighted by Gasteiger charge is -2.08. The van der Waals surface area contributed by atoms with Crippen molar-refractivity contribution in [3.63, 3.8) is 0 Å². The van der Waals surface area contributed by atoms with Crippen molar-refractivity contribution in [2.45, 2.75) is 37.5 Å². The highest BCUT2D eigenvalue weighted by Gasteiger charge is 2.12. The van der Waals surface area contributed by atoms with Crippen LogP contribution in [0.25, 0.3) is 0 Å². The predicted molar refractivity (Wildman–Crippen MR) is 95.9 cm³/mol. The highest BCUT2D eigenvalue weighted by Crippen LogP contribution is 2.18. The second-order valence-corrected chi connectivity index (χ2v) is 7.71. The van der Waals surface area contributed by atoms with E-state index in [1.807, 2.05) is 6.92 Å². The number of hydrogen-bond donors (Lipinski definition) is 2. The average Bonchev–Trinajstić information content (AvgIpc) is 2.57. The molecule has 25 heavy (non-hydrogen) atoms. The molecule has 1 heterocycles. The second-order valence-electron chi connectivity index (χ2n) is 5.60. The van der Waals surface area contributed by atoms with E-state index in [9.17, 15) is 8.42 Å². The van der Waals surface area contributed by atoms with Gasteiger partial charge in [-0.2, -0.15) is 4.98 Å². The van der Waals surface area contributed by atoms with Crippen LogP contribution in [-0.2, 0) is 16.3 Å². The van der Waals surface area contributed by atoms with Gasteiger partial charge in [-0.3, -0.25) is 0 Å². The highest BCUT2D eigenvalue weighted by atomic mass is 32.2. The van der Waals surface area contributed by atoms with Crippen LogP contribution in [0.1, 0.15) is 31.9 Å². The smallest absolute Gasteiger partial charge is 0.242 e. The molecule has 0 amide bonds. The maximum Gasteiger partial charge on any atom is 0.242 e. The number of sulfone groups is 1. The number of nitrogen functional groups attached to an aromatic ring is 2. The van der Waals surface area contributed by atoms with Gasteiger partial charge in [0.15, 0.2) is 15.7 Å². The number of hydrogen-bond acceptors (Lipinski definition) is 8. The number of benzene rings is 1. The summed E-state index contributed by atoms with van der Waals surface area (Å²) in [4.78, 5) is 4.19. The summed E-state index contributed by atoms with van der Waals surface area (Å²) in [6.07, 6.45) is 2.84. The first-order chi connectivity index (χ1) is 11.9. The number of unbranched alkanes of at least 4 members (excludes halogenated alkanes) is 1. The fourth-order valence-corrected chi connectivity index (χ4v) is 3.59. The van der Waals surface area contributed by atoms with Gasteiger partial charge in [-0.15, -0.1) is 10.2 Å². The van der Waals surface area contributed by atoms with Crippen molar-refractivity contribution in [2.24, 2.45) is 0 Å². The number of nitrogens with zero attached hydrogens (tertiary/aromatic N) is 3. The van der Waals surface area contributed by atoms with Crippen LogP contribution in [0.2, 0.25) is 0 Å². The number of anilines is 2. The zero-order valence-corrected chi connectivity index (χ0v) is 15.0. The van der Waals surface area contributed by atoms with Crippen LogP contribution in [0.3, 0.4) is 0 Å². The van der Waals surface area contributed by atoms with E-state index in [-0.39, 0.29) is 11.7 Å². The molecular formula is C16H23N5O3S. The summed E-state index contributed by atoms with van der Waals surface area (Å²) in [6.45, 7) is 2.35. The Morgan fingerprint density at radius 2 is 1.80 bits per heavy atom. The summed E-state index contributed by atoms with van der Waals surface area (Å²) >= 11 is 0. The molecule has 4 N–H and O–H groups in total. The van der Waals surface area contributed by atoms with E-state index in [0.717, 1.165) is 12.8 Å². The minimum atomic E-state index is -3.19. The van der Waals surface area contributed by atoms with Gasteiger partial charge in [-0.05, 0) is 49.9 Å². The Morgan fingerprint density at radius 3 is 2.44 bits per heavy atom. The normalized spacial score (nSPS) is 11.4. The quantitative estimate of drug-likeness (QED) is 0.640. The van der Waals surface area contributed by atoms with Gasteiger partial charge in [0, 0.05) is 0 Å². The Balaban J connectivity index is 1.76. The molecule has 2 aromatic rings. The van der Waals surface area contributed by atoms with Crippen LogP contribution in [0.15, 0.2) is 29.2 Å². The topological polar surface area (TPSA) is 134 Å². The number of rotatable bonds is 9. The monoisotopic (exact) mass is 365 g/mol. The summed E-state index contributed by atoms with van der Waals surface area (Å²) in [5.41, 5.74) is 11.7. The summed E-state index contributed by atoms with van der Waals surface area (Å²) in [6, 6.07) is 6.51. The van der Waals surface area contributed by atoms with E-state index in [1.54, 1.807) is 24.3 Å². The first-order valence-corrected chi connectivity index (χ1v) is 9.78. The van der Waals surface area contributed by atoms with Gasteiger partial charge in [0.25, 0.3) is 0 Å². The van der Waals surface area contributed by atoms with E-state index in [2.05, 4.69) is 15.2 Å². The molecule has 136 valence electrons. The van der Waals surface area contributed by atoms with Crippen LogP contribution < -0.4 is 16.2 Å². The van der Waals surface area contributed by atoms with E-state index < -0.39 is 9.84 Å². The molecule has 1 aromatic heterocycles. The zero-order chi connectivity index (χ0) is 18.3. The SMILES string of the molecule is CCCS(=O)(=O)c1ccc(OCCCCc2nnc(N)nc2N)cc1. The number of nitrogens with two attached hydrogens (primary N) is 2. The molecule has 0 aliphatic heterocycles. The average molecular weight is 365 g/mol. The highest BCUT2D eigenvalue weighted by molar-refractivity contribution is 7.91. The fourth-order valence-electron chi connectivity index (χ4n) is 2.27. The van der Waals surface area contributed by atoms with Gasteiger partial charge in [0.05, 0.1) is 17.3 Å². The summed E-state index contributed by atoms with van der Waals surface area (Å²) < 4.78 is 29.5. The molecule has 0 aliphatic rings. The Labute approximate surface area is 147 Å². The number of aromatic nitrogens is 3. The van der Waals surface area contributed by atoms with Crippen LogP contribution in [0, 0.1) is 0 Å². The van der Waals surface area contributed by atoms with Crippen LogP contribution in [0.4, 0.5) is 11.8 Å². The lowest BCUT2D eigenvalue weighted by atomic mass is 10.2. The second kappa shape index (κ2) is 8.61. The van der Waals surface area contributed by atoms with Crippen LogP contribution in [0.5, 0.6) is 5.75 Å². The molecule has 0 spiro atoms.